The highest BCUT2D eigenvalue weighted by Gasteiger charge is 2.38. The van der Waals surface area contributed by atoms with Crippen molar-refractivity contribution in [3.63, 3.8) is 0 Å². The van der Waals surface area contributed by atoms with E-state index in [1.165, 1.54) is 24.3 Å². The highest BCUT2D eigenvalue weighted by atomic mass is 19.1. The number of aromatic nitrogens is 2. The number of imidazole rings is 1. The summed E-state index contributed by atoms with van der Waals surface area (Å²) in [4.78, 5) is 19.9. The molecule has 1 atom stereocenters. The molecule has 8 heteroatoms. The van der Waals surface area contributed by atoms with Gasteiger partial charge in [0, 0.05) is 37.4 Å². The van der Waals surface area contributed by atoms with Gasteiger partial charge in [-0.25, -0.2) is 18.6 Å². The first-order chi connectivity index (χ1) is 16.8. The standard InChI is InChI=1S/C28H37F2N5O/c1-27(2,3)24(35(26(36)32-6)14-13-28(4,5)31)25-33-23(20-10-8-12-22(30)16-20)18-34(25)17-19-9-7-11-21(29)15-19/h7-12,15-16,18,24H,13-14,17,31H2,1-6H3,(H,32,36)/t24-/m0/s1. The molecule has 2 amide bonds. The summed E-state index contributed by atoms with van der Waals surface area (Å²) in [6.07, 6.45) is 2.41. The lowest BCUT2D eigenvalue weighted by Crippen LogP contribution is -2.48. The fraction of sp³-hybridized carbons (Fsp3) is 0.429. The van der Waals surface area contributed by atoms with Crippen molar-refractivity contribution in [2.24, 2.45) is 11.1 Å². The normalized spacial score (nSPS) is 12.9. The average molecular weight is 498 g/mol. The van der Waals surface area contributed by atoms with Gasteiger partial charge in [-0.2, -0.15) is 0 Å². The Hall–Kier alpha value is -3.26. The van der Waals surface area contributed by atoms with E-state index in [9.17, 15) is 13.6 Å². The van der Waals surface area contributed by atoms with Crippen LogP contribution in [0.15, 0.2) is 54.7 Å². The summed E-state index contributed by atoms with van der Waals surface area (Å²) < 4.78 is 30.0. The van der Waals surface area contributed by atoms with Crippen LogP contribution in [0.25, 0.3) is 11.3 Å². The van der Waals surface area contributed by atoms with Crippen molar-refractivity contribution in [2.75, 3.05) is 13.6 Å². The van der Waals surface area contributed by atoms with Crippen molar-refractivity contribution >= 4 is 6.03 Å². The van der Waals surface area contributed by atoms with Gasteiger partial charge in [-0.3, -0.25) is 0 Å². The number of carbonyl (C=O) groups excluding carboxylic acids is 1. The first-order valence-corrected chi connectivity index (χ1v) is 12.1. The molecule has 0 radical (unpaired) electrons. The zero-order valence-electron chi connectivity index (χ0n) is 22.0. The Kier molecular flexibility index (Phi) is 8.19. The Bertz CT molecular complexity index is 1190. The molecule has 194 valence electrons. The van der Waals surface area contributed by atoms with Crippen molar-refractivity contribution < 1.29 is 13.6 Å². The van der Waals surface area contributed by atoms with E-state index in [0.717, 1.165) is 5.56 Å². The number of amides is 2. The first kappa shape index (κ1) is 27.3. The molecule has 0 aliphatic carbocycles. The van der Waals surface area contributed by atoms with Gasteiger partial charge in [0.1, 0.15) is 17.5 Å². The molecule has 3 aromatic rings. The van der Waals surface area contributed by atoms with Crippen LogP contribution in [0, 0.1) is 17.0 Å². The number of nitrogens with two attached hydrogens (primary N) is 1. The van der Waals surface area contributed by atoms with Crippen LogP contribution in [0.3, 0.4) is 0 Å². The van der Waals surface area contributed by atoms with Crippen molar-refractivity contribution in [3.05, 3.63) is 77.8 Å². The third-order valence-corrected chi connectivity index (χ3v) is 6.02. The second-order valence-electron chi connectivity index (χ2n) is 11.0. The number of nitrogens with zero attached hydrogens (tertiary/aromatic N) is 3. The van der Waals surface area contributed by atoms with Gasteiger partial charge >= 0.3 is 6.03 Å². The summed E-state index contributed by atoms with van der Waals surface area (Å²) in [5.74, 6) is -0.0632. The van der Waals surface area contributed by atoms with Crippen molar-refractivity contribution in [1.29, 1.82) is 0 Å². The number of hydrogen-bond acceptors (Lipinski definition) is 3. The van der Waals surface area contributed by atoms with E-state index < -0.39 is 17.0 Å². The maximum atomic E-state index is 14.0. The van der Waals surface area contributed by atoms with E-state index in [1.807, 2.05) is 51.4 Å². The number of benzene rings is 2. The van der Waals surface area contributed by atoms with Crippen LogP contribution < -0.4 is 11.1 Å². The number of rotatable bonds is 8. The fourth-order valence-electron chi connectivity index (χ4n) is 4.29. The molecule has 1 heterocycles. The van der Waals surface area contributed by atoms with Gasteiger partial charge in [0.05, 0.1) is 11.7 Å². The van der Waals surface area contributed by atoms with Gasteiger partial charge in [-0.1, -0.05) is 45.0 Å². The number of hydrogen-bond donors (Lipinski definition) is 2. The van der Waals surface area contributed by atoms with E-state index in [2.05, 4.69) is 5.32 Å². The lowest BCUT2D eigenvalue weighted by Gasteiger charge is -2.40. The van der Waals surface area contributed by atoms with Crippen LogP contribution >= 0.6 is 0 Å². The Morgan fingerprint density at radius 2 is 1.72 bits per heavy atom. The van der Waals surface area contributed by atoms with E-state index in [0.29, 0.717) is 36.6 Å². The van der Waals surface area contributed by atoms with Gasteiger partial charge in [-0.05, 0) is 55.5 Å². The first-order valence-electron chi connectivity index (χ1n) is 12.1. The van der Waals surface area contributed by atoms with Crippen molar-refractivity contribution in [2.45, 2.75) is 59.2 Å². The molecule has 0 saturated carbocycles. The quantitative estimate of drug-likeness (QED) is 0.417. The van der Waals surface area contributed by atoms with E-state index in [1.54, 1.807) is 30.1 Å². The number of carbonyl (C=O) groups is 1. The summed E-state index contributed by atoms with van der Waals surface area (Å²) in [5, 5.41) is 2.76. The SMILES string of the molecule is CNC(=O)N(CCC(C)(C)N)[C@@H](c1nc(-c2cccc(F)c2)cn1Cc1cccc(F)c1)C(C)(C)C. The Balaban J connectivity index is 2.18. The number of urea groups is 1. The van der Waals surface area contributed by atoms with Gasteiger partial charge in [0.25, 0.3) is 0 Å². The lowest BCUT2D eigenvalue weighted by molar-refractivity contribution is 0.104. The minimum absolute atomic E-state index is 0.244. The third kappa shape index (κ3) is 6.91. The maximum absolute atomic E-state index is 14.0. The number of nitrogens with one attached hydrogen (secondary N) is 1. The minimum atomic E-state index is -0.474. The van der Waals surface area contributed by atoms with Crippen molar-refractivity contribution in [3.8, 4) is 11.3 Å². The Labute approximate surface area is 212 Å². The molecule has 0 aliphatic heterocycles. The molecule has 0 aliphatic rings. The molecule has 1 aromatic heterocycles. The molecular formula is C28H37F2N5O. The Morgan fingerprint density at radius 3 is 2.28 bits per heavy atom. The predicted octanol–water partition coefficient (Wildman–Crippen LogP) is 5.73. The van der Waals surface area contributed by atoms with Crippen molar-refractivity contribution in [1.82, 2.24) is 19.8 Å². The zero-order chi connectivity index (χ0) is 26.7. The highest BCUT2D eigenvalue weighted by Crippen LogP contribution is 2.39. The topological polar surface area (TPSA) is 76.2 Å². The molecule has 0 saturated heterocycles. The van der Waals surface area contributed by atoms with Crippen LogP contribution in [0.5, 0.6) is 0 Å². The lowest BCUT2D eigenvalue weighted by atomic mass is 9.84. The monoisotopic (exact) mass is 497 g/mol. The van der Waals surface area contributed by atoms with Crippen LogP contribution in [0.2, 0.25) is 0 Å². The summed E-state index contributed by atoms with van der Waals surface area (Å²) in [7, 11) is 1.60. The average Bonchev–Trinajstić information content (AvgIpc) is 3.17. The molecule has 0 spiro atoms. The molecule has 3 rings (SSSR count). The molecule has 0 fully saturated rings. The van der Waals surface area contributed by atoms with E-state index >= 15 is 0 Å². The largest absolute Gasteiger partial charge is 0.341 e. The summed E-state index contributed by atoms with van der Waals surface area (Å²) >= 11 is 0. The highest BCUT2D eigenvalue weighted by molar-refractivity contribution is 5.74. The molecule has 0 bridgehead atoms. The molecule has 3 N–H and O–H groups in total. The molecule has 36 heavy (non-hydrogen) atoms. The van der Waals surface area contributed by atoms with Crippen LogP contribution in [-0.4, -0.2) is 39.6 Å². The molecule has 6 nitrogen and oxygen atoms in total. The van der Waals surface area contributed by atoms with Gasteiger partial charge in [-0.15, -0.1) is 0 Å². The minimum Gasteiger partial charge on any atom is -0.341 e. The Morgan fingerprint density at radius 1 is 1.08 bits per heavy atom. The van der Waals surface area contributed by atoms with Crippen LogP contribution in [0.4, 0.5) is 13.6 Å². The molecular weight excluding hydrogens is 460 g/mol. The predicted molar refractivity (Wildman–Crippen MR) is 139 cm³/mol. The smallest absolute Gasteiger partial charge is 0.317 e. The molecule has 2 aromatic carbocycles. The van der Waals surface area contributed by atoms with E-state index in [4.69, 9.17) is 10.7 Å². The zero-order valence-corrected chi connectivity index (χ0v) is 22.0. The second-order valence-corrected chi connectivity index (χ2v) is 11.0. The number of halogens is 2. The summed E-state index contributed by atoms with van der Waals surface area (Å²) in [6, 6.07) is 11.9. The van der Waals surface area contributed by atoms with Crippen LogP contribution in [-0.2, 0) is 6.54 Å². The van der Waals surface area contributed by atoms with Gasteiger partial charge in [0.15, 0.2) is 0 Å². The fourth-order valence-corrected chi connectivity index (χ4v) is 4.29. The second kappa shape index (κ2) is 10.8. The summed E-state index contributed by atoms with van der Waals surface area (Å²) in [5.41, 5.74) is 7.32. The third-order valence-electron chi connectivity index (χ3n) is 6.02. The van der Waals surface area contributed by atoms with Gasteiger partial charge < -0.3 is 20.5 Å². The summed E-state index contributed by atoms with van der Waals surface area (Å²) in [6.45, 7) is 10.7. The van der Waals surface area contributed by atoms with E-state index in [-0.39, 0.29) is 17.7 Å². The van der Waals surface area contributed by atoms with Crippen LogP contribution in [0.1, 0.15) is 58.5 Å². The maximum Gasteiger partial charge on any atom is 0.317 e. The van der Waals surface area contributed by atoms with Gasteiger partial charge in [0.2, 0.25) is 0 Å². The molecule has 0 unspecified atom stereocenters.